The highest BCUT2D eigenvalue weighted by molar-refractivity contribution is 5.86. The predicted molar refractivity (Wildman–Crippen MR) is 73.9 cm³/mol. The minimum Gasteiger partial charge on any atom is -0.466 e. The van der Waals surface area contributed by atoms with Crippen LogP contribution in [0.4, 0.5) is 0 Å². The van der Waals surface area contributed by atoms with Crippen LogP contribution in [0.25, 0.3) is 6.08 Å². The number of aromatic nitrogens is 2. The van der Waals surface area contributed by atoms with Gasteiger partial charge in [-0.15, -0.1) is 0 Å². The predicted octanol–water partition coefficient (Wildman–Crippen LogP) is -1.78. The van der Waals surface area contributed by atoms with Crippen molar-refractivity contribution in [3.63, 3.8) is 0 Å². The number of ether oxygens (including phenoxy) is 2. The summed E-state index contributed by atoms with van der Waals surface area (Å²) in [6.07, 6.45) is 1.28. The zero-order valence-electron chi connectivity index (χ0n) is 11.8. The first-order valence-corrected chi connectivity index (χ1v) is 6.50. The summed E-state index contributed by atoms with van der Waals surface area (Å²) in [4.78, 5) is 36.7. The van der Waals surface area contributed by atoms with Crippen LogP contribution in [0, 0.1) is 5.92 Å². The number of esters is 1. The van der Waals surface area contributed by atoms with E-state index in [1.165, 1.54) is 19.4 Å². The van der Waals surface area contributed by atoms with E-state index in [2.05, 4.69) is 9.72 Å². The molecule has 1 fully saturated rings. The molecule has 2 rings (SSSR count). The molecule has 22 heavy (non-hydrogen) atoms. The quantitative estimate of drug-likeness (QED) is 0.442. The average molecular weight is 312 g/mol. The van der Waals surface area contributed by atoms with Gasteiger partial charge in [-0.2, -0.15) is 0 Å². The van der Waals surface area contributed by atoms with Gasteiger partial charge in [0.2, 0.25) is 0 Å². The second-order valence-corrected chi connectivity index (χ2v) is 4.76. The number of hydrogen-bond acceptors (Lipinski definition) is 7. The molecular formula is C13H16N2O7. The Morgan fingerprint density at radius 2 is 2.32 bits per heavy atom. The molecule has 0 aromatic carbocycles. The minimum atomic E-state index is -1.09. The van der Waals surface area contributed by atoms with Crippen molar-refractivity contribution in [2.24, 2.45) is 5.92 Å². The zero-order valence-corrected chi connectivity index (χ0v) is 11.8. The van der Waals surface area contributed by atoms with Crippen molar-refractivity contribution in [1.82, 2.24) is 9.55 Å². The van der Waals surface area contributed by atoms with Crippen LogP contribution in [0.1, 0.15) is 11.8 Å². The average Bonchev–Trinajstić information content (AvgIpc) is 2.87. The van der Waals surface area contributed by atoms with E-state index in [4.69, 9.17) is 9.84 Å². The maximum Gasteiger partial charge on any atom is 0.330 e. The molecule has 2 heterocycles. The van der Waals surface area contributed by atoms with Crippen LogP contribution in [0.3, 0.4) is 0 Å². The van der Waals surface area contributed by atoms with E-state index in [-0.39, 0.29) is 18.8 Å². The van der Waals surface area contributed by atoms with Crippen molar-refractivity contribution < 1.29 is 24.5 Å². The third-order valence-corrected chi connectivity index (χ3v) is 3.36. The van der Waals surface area contributed by atoms with Crippen LogP contribution in [0.15, 0.2) is 21.9 Å². The molecule has 0 unspecified atom stereocenters. The fraction of sp³-hybridized carbons (Fsp3) is 0.462. The zero-order chi connectivity index (χ0) is 16.3. The second-order valence-electron chi connectivity index (χ2n) is 4.76. The molecule has 0 bridgehead atoms. The van der Waals surface area contributed by atoms with E-state index in [9.17, 15) is 19.5 Å². The van der Waals surface area contributed by atoms with E-state index < -0.39 is 35.5 Å². The maximum atomic E-state index is 11.9. The molecule has 9 nitrogen and oxygen atoms in total. The molecule has 1 aliphatic rings. The van der Waals surface area contributed by atoms with Crippen molar-refractivity contribution >= 4 is 12.0 Å². The van der Waals surface area contributed by atoms with Gasteiger partial charge in [0, 0.05) is 18.2 Å². The van der Waals surface area contributed by atoms with Crippen molar-refractivity contribution in [3.8, 4) is 0 Å². The van der Waals surface area contributed by atoms with Crippen LogP contribution in [0.2, 0.25) is 0 Å². The first kappa shape index (κ1) is 16.1. The van der Waals surface area contributed by atoms with Gasteiger partial charge in [-0.05, 0) is 6.08 Å². The Hall–Kier alpha value is -2.23. The van der Waals surface area contributed by atoms with Gasteiger partial charge >= 0.3 is 11.7 Å². The number of methoxy groups -OCH3 is 1. The minimum absolute atomic E-state index is 0.0215. The van der Waals surface area contributed by atoms with Gasteiger partial charge < -0.3 is 19.7 Å². The highest BCUT2D eigenvalue weighted by Crippen LogP contribution is 2.27. The Morgan fingerprint density at radius 3 is 2.91 bits per heavy atom. The van der Waals surface area contributed by atoms with Gasteiger partial charge in [-0.3, -0.25) is 14.3 Å². The van der Waals surface area contributed by atoms with E-state index in [0.29, 0.717) is 0 Å². The van der Waals surface area contributed by atoms with Crippen LogP contribution >= 0.6 is 0 Å². The maximum absolute atomic E-state index is 11.9. The Bertz CT molecular complexity index is 690. The molecule has 0 amide bonds. The Balaban J connectivity index is 2.37. The third kappa shape index (κ3) is 3.16. The summed E-state index contributed by atoms with van der Waals surface area (Å²) < 4.78 is 10.7. The van der Waals surface area contributed by atoms with Gasteiger partial charge in [-0.1, -0.05) is 0 Å². The molecule has 0 saturated carbocycles. The fourth-order valence-corrected chi connectivity index (χ4v) is 2.09. The number of aliphatic hydroxyl groups excluding tert-OH is 2. The summed E-state index contributed by atoms with van der Waals surface area (Å²) in [5, 5.41) is 19.1. The molecule has 9 heteroatoms. The third-order valence-electron chi connectivity index (χ3n) is 3.36. The summed E-state index contributed by atoms with van der Waals surface area (Å²) >= 11 is 0. The molecule has 1 aliphatic heterocycles. The number of carbonyl (C=O) groups is 1. The standard InChI is InChI=1S/C13H16N2O7/c1-21-9(17)3-2-7-4-15(13(20)14-11(7)19)12-10(18)8(5-16)6-22-12/h2-4,8,10,12,16,18H,5-6H2,1H3,(H,14,19,20)/b3-2+/t8-,10+,12+/m1/s1. The molecule has 1 aromatic rings. The second kappa shape index (κ2) is 6.69. The number of nitrogens with one attached hydrogen (secondary N) is 1. The van der Waals surface area contributed by atoms with Gasteiger partial charge in [-0.25, -0.2) is 9.59 Å². The molecule has 0 aliphatic carbocycles. The van der Waals surface area contributed by atoms with Gasteiger partial charge in [0.15, 0.2) is 6.23 Å². The number of rotatable bonds is 4. The summed E-state index contributed by atoms with van der Waals surface area (Å²) in [6.45, 7) is -0.202. The number of carbonyl (C=O) groups excluding carboxylic acids is 1. The molecule has 0 spiro atoms. The molecule has 120 valence electrons. The molecule has 0 radical (unpaired) electrons. The SMILES string of the molecule is COC(=O)/C=C/c1cn([C@H]2OC[C@@H](CO)[C@@H]2O)c(=O)[nH]c1=O. The number of aliphatic hydroxyl groups is 2. The summed E-state index contributed by atoms with van der Waals surface area (Å²) in [6, 6.07) is 0. The lowest BCUT2D eigenvalue weighted by Gasteiger charge is -2.18. The highest BCUT2D eigenvalue weighted by Gasteiger charge is 2.37. The van der Waals surface area contributed by atoms with Crippen LogP contribution in [-0.2, 0) is 14.3 Å². The fourth-order valence-electron chi connectivity index (χ4n) is 2.09. The lowest BCUT2D eigenvalue weighted by Crippen LogP contribution is -2.37. The first-order chi connectivity index (χ1) is 10.5. The monoisotopic (exact) mass is 312 g/mol. The first-order valence-electron chi connectivity index (χ1n) is 6.50. The Labute approximate surface area is 124 Å². The number of H-pyrrole nitrogens is 1. The van der Waals surface area contributed by atoms with E-state index in [1.54, 1.807) is 0 Å². The summed E-state index contributed by atoms with van der Waals surface area (Å²) in [7, 11) is 1.19. The van der Waals surface area contributed by atoms with Crippen molar-refractivity contribution in [2.45, 2.75) is 12.3 Å². The van der Waals surface area contributed by atoms with Crippen molar-refractivity contribution in [3.05, 3.63) is 38.7 Å². The molecule has 3 N–H and O–H groups in total. The molecule has 3 atom stereocenters. The number of nitrogens with zero attached hydrogens (tertiary/aromatic N) is 1. The van der Waals surface area contributed by atoms with Crippen molar-refractivity contribution in [2.75, 3.05) is 20.3 Å². The smallest absolute Gasteiger partial charge is 0.330 e. The van der Waals surface area contributed by atoms with Crippen LogP contribution < -0.4 is 11.2 Å². The van der Waals surface area contributed by atoms with Gasteiger partial charge in [0.1, 0.15) is 6.10 Å². The van der Waals surface area contributed by atoms with Crippen LogP contribution in [-0.4, -0.2) is 52.2 Å². The largest absolute Gasteiger partial charge is 0.466 e. The Morgan fingerprint density at radius 1 is 1.59 bits per heavy atom. The molecule has 1 saturated heterocycles. The number of aromatic amines is 1. The molecular weight excluding hydrogens is 296 g/mol. The highest BCUT2D eigenvalue weighted by atomic mass is 16.5. The topological polar surface area (TPSA) is 131 Å². The normalized spacial score (nSPS) is 24.8. The summed E-state index contributed by atoms with van der Waals surface area (Å²) in [5.41, 5.74) is -1.43. The van der Waals surface area contributed by atoms with Crippen LogP contribution in [0.5, 0.6) is 0 Å². The van der Waals surface area contributed by atoms with Crippen molar-refractivity contribution in [1.29, 1.82) is 0 Å². The number of hydrogen-bond donors (Lipinski definition) is 3. The Kier molecular flexibility index (Phi) is 4.91. The van der Waals surface area contributed by atoms with Gasteiger partial charge in [0.05, 0.1) is 25.9 Å². The van der Waals surface area contributed by atoms with E-state index >= 15 is 0 Å². The molecule has 1 aromatic heterocycles. The van der Waals surface area contributed by atoms with E-state index in [1.807, 2.05) is 0 Å². The summed E-state index contributed by atoms with van der Waals surface area (Å²) in [5.74, 6) is -1.17. The van der Waals surface area contributed by atoms with E-state index in [0.717, 1.165) is 10.6 Å². The lowest BCUT2D eigenvalue weighted by atomic mass is 10.1. The lowest BCUT2D eigenvalue weighted by molar-refractivity contribution is -0.134. The van der Waals surface area contributed by atoms with Gasteiger partial charge in [0.25, 0.3) is 5.56 Å².